The van der Waals surface area contributed by atoms with E-state index in [0.717, 1.165) is 19.3 Å². The van der Waals surface area contributed by atoms with E-state index in [1.165, 1.54) is 0 Å². The zero-order chi connectivity index (χ0) is 21.3. The van der Waals surface area contributed by atoms with Gasteiger partial charge in [-0.25, -0.2) is 0 Å². The first-order chi connectivity index (χ1) is 13.7. The molecule has 0 saturated heterocycles. The number of anilines is 2. The number of rotatable bonds is 7. The highest BCUT2D eigenvalue weighted by molar-refractivity contribution is 6.13. The molecule has 29 heavy (non-hydrogen) atoms. The van der Waals surface area contributed by atoms with Crippen molar-refractivity contribution in [2.75, 3.05) is 23.3 Å². The molecule has 7 nitrogen and oxygen atoms in total. The standard InChI is InChI=1S/C22H32N4O3/c1-5-13(2)18-20(28)25-16-10-15(19(27)24-12-22(3,4)11-23)8-9-17(16)26(18)21(29)14-6-7-14/h8-10,13-14,18H,5-7,11-12,23H2,1-4H3,(H,24,27)(H,25,28). The highest BCUT2D eigenvalue weighted by Gasteiger charge is 2.44. The van der Waals surface area contributed by atoms with Crippen LogP contribution in [0, 0.1) is 17.3 Å². The largest absolute Gasteiger partial charge is 0.351 e. The van der Waals surface area contributed by atoms with Crippen LogP contribution in [0.3, 0.4) is 0 Å². The minimum absolute atomic E-state index is 0.00164. The van der Waals surface area contributed by atoms with Crippen LogP contribution in [-0.4, -0.2) is 36.9 Å². The number of carbonyl (C=O) groups is 3. The average Bonchev–Trinajstić information content (AvgIpc) is 3.55. The Morgan fingerprint density at radius 2 is 2.03 bits per heavy atom. The van der Waals surface area contributed by atoms with Gasteiger partial charge < -0.3 is 16.4 Å². The Morgan fingerprint density at radius 1 is 1.34 bits per heavy atom. The number of carbonyl (C=O) groups excluding carboxylic acids is 3. The average molecular weight is 401 g/mol. The summed E-state index contributed by atoms with van der Waals surface area (Å²) >= 11 is 0. The fourth-order valence-electron chi connectivity index (χ4n) is 3.47. The van der Waals surface area contributed by atoms with Crippen molar-refractivity contribution in [3.63, 3.8) is 0 Å². The molecule has 3 rings (SSSR count). The first kappa shape index (κ1) is 21.3. The third-order valence-corrected chi connectivity index (χ3v) is 5.95. The molecule has 2 atom stereocenters. The van der Waals surface area contributed by atoms with Crippen LogP contribution in [-0.2, 0) is 9.59 Å². The third kappa shape index (κ3) is 4.45. The Hall–Kier alpha value is -2.41. The van der Waals surface area contributed by atoms with Crippen LogP contribution in [0.5, 0.6) is 0 Å². The smallest absolute Gasteiger partial charge is 0.251 e. The maximum Gasteiger partial charge on any atom is 0.251 e. The zero-order valence-corrected chi connectivity index (χ0v) is 17.7. The van der Waals surface area contributed by atoms with Crippen LogP contribution in [0.1, 0.15) is 57.3 Å². The molecule has 7 heteroatoms. The fourth-order valence-corrected chi connectivity index (χ4v) is 3.47. The number of hydrogen-bond acceptors (Lipinski definition) is 4. The van der Waals surface area contributed by atoms with Gasteiger partial charge in [-0.2, -0.15) is 0 Å². The second-order valence-electron chi connectivity index (χ2n) is 9.09. The second-order valence-corrected chi connectivity index (χ2v) is 9.09. The maximum absolute atomic E-state index is 13.0. The molecule has 1 fully saturated rings. The van der Waals surface area contributed by atoms with Crippen LogP contribution in [0.2, 0.25) is 0 Å². The number of benzene rings is 1. The fraction of sp³-hybridized carbons (Fsp3) is 0.591. The number of amides is 3. The normalized spacial score (nSPS) is 20.0. The van der Waals surface area contributed by atoms with Crippen molar-refractivity contribution in [2.45, 2.75) is 53.0 Å². The maximum atomic E-state index is 13.0. The number of nitrogens with zero attached hydrogens (tertiary/aromatic N) is 1. The Labute approximate surface area is 172 Å². The highest BCUT2D eigenvalue weighted by Crippen LogP contribution is 2.40. The summed E-state index contributed by atoms with van der Waals surface area (Å²) in [6.45, 7) is 8.89. The van der Waals surface area contributed by atoms with Gasteiger partial charge in [-0.3, -0.25) is 19.3 Å². The van der Waals surface area contributed by atoms with Gasteiger partial charge in [0, 0.05) is 18.0 Å². The Balaban J connectivity index is 1.89. The molecule has 1 aliphatic heterocycles. The Morgan fingerprint density at radius 3 is 2.62 bits per heavy atom. The molecule has 1 aromatic rings. The molecule has 1 aromatic carbocycles. The predicted molar refractivity (Wildman–Crippen MR) is 114 cm³/mol. The number of hydrogen-bond donors (Lipinski definition) is 3. The van der Waals surface area contributed by atoms with E-state index in [2.05, 4.69) is 10.6 Å². The molecule has 4 N–H and O–H groups in total. The van der Waals surface area contributed by atoms with E-state index in [4.69, 9.17) is 5.73 Å². The Kier molecular flexibility index (Phi) is 5.98. The van der Waals surface area contributed by atoms with E-state index in [0.29, 0.717) is 30.0 Å². The molecule has 0 bridgehead atoms. The van der Waals surface area contributed by atoms with Crippen molar-refractivity contribution >= 4 is 29.1 Å². The molecule has 2 unspecified atom stereocenters. The summed E-state index contributed by atoms with van der Waals surface area (Å²) < 4.78 is 0. The van der Waals surface area contributed by atoms with E-state index in [-0.39, 0.29) is 35.0 Å². The van der Waals surface area contributed by atoms with Gasteiger partial charge in [0.15, 0.2) is 0 Å². The summed E-state index contributed by atoms with van der Waals surface area (Å²) in [6, 6.07) is 4.61. The monoisotopic (exact) mass is 400 g/mol. The lowest BCUT2D eigenvalue weighted by atomic mass is 9.92. The summed E-state index contributed by atoms with van der Waals surface area (Å²) in [5.74, 6) is -0.377. The minimum Gasteiger partial charge on any atom is -0.351 e. The summed E-state index contributed by atoms with van der Waals surface area (Å²) in [5.41, 5.74) is 7.15. The van der Waals surface area contributed by atoms with Crippen molar-refractivity contribution in [3.8, 4) is 0 Å². The lowest BCUT2D eigenvalue weighted by Crippen LogP contribution is -2.54. The van der Waals surface area contributed by atoms with Gasteiger partial charge in [0.25, 0.3) is 5.91 Å². The van der Waals surface area contributed by atoms with Gasteiger partial charge in [-0.15, -0.1) is 0 Å². The van der Waals surface area contributed by atoms with Crippen molar-refractivity contribution < 1.29 is 14.4 Å². The highest BCUT2D eigenvalue weighted by atomic mass is 16.2. The number of fused-ring (bicyclic) bond motifs is 1. The van der Waals surface area contributed by atoms with E-state index in [9.17, 15) is 14.4 Å². The van der Waals surface area contributed by atoms with Crippen molar-refractivity contribution in [1.29, 1.82) is 0 Å². The van der Waals surface area contributed by atoms with Crippen LogP contribution in [0.25, 0.3) is 0 Å². The van der Waals surface area contributed by atoms with Gasteiger partial charge >= 0.3 is 0 Å². The van der Waals surface area contributed by atoms with Gasteiger partial charge in [0.1, 0.15) is 6.04 Å². The molecule has 1 heterocycles. The molecule has 0 aromatic heterocycles. The van der Waals surface area contributed by atoms with E-state index >= 15 is 0 Å². The van der Waals surface area contributed by atoms with Crippen molar-refractivity contribution in [1.82, 2.24) is 5.32 Å². The van der Waals surface area contributed by atoms with Crippen LogP contribution < -0.4 is 21.3 Å². The summed E-state index contributed by atoms with van der Waals surface area (Å²) in [7, 11) is 0. The van der Waals surface area contributed by atoms with Gasteiger partial charge in [0.05, 0.1) is 11.4 Å². The number of nitrogens with one attached hydrogen (secondary N) is 2. The lowest BCUT2D eigenvalue weighted by molar-refractivity contribution is -0.125. The van der Waals surface area contributed by atoms with Gasteiger partial charge in [0.2, 0.25) is 11.8 Å². The lowest BCUT2D eigenvalue weighted by Gasteiger charge is -2.39. The zero-order valence-electron chi connectivity index (χ0n) is 17.7. The first-order valence-electron chi connectivity index (χ1n) is 10.4. The van der Waals surface area contributed by atoms with Crippen LogP contribution in [0.4, 0.5) is 11.4 Å². The topological polar surface area (TPSA) is 105 Å². The molecular weight excluding hydrogens is 368 g/mol. The van der Waals surface area contributed by atoms with Crippen LogP contribution >= 0.6 is 0 Å². The molecule has 158 valence electrons. The van der Waals surface area contributed by atoms with Gasteiger partial charge in [-0.1, -0.05) is 34.1 Å². The molecule has 2 aliphatic rings. The van der Waals surface area contributed by atoms with E-state index in [1.807, 2.05) is 27.7 Å². The van der Waals surface area contributed by atoms with Crippen LogP contribution in [0.15, 0.2) is 18.2 Å². The summed E-state index contributed by atoms with van der Waals surface area (Å²) in [5, 5.41) is 5.81. The quantitative estimate of drug-likeness (QED) is 0.654. The third-order valence-electron chi connectivity index (χ3n) is 5.95. The number of nitrogens with two attached hydrogens (primary N) is 1. The second kappa shape index (κ2) is 8.14. The SMILES string of the molecule is CCC(C)C1C(=O)Nc2cc(C(=O)NCC(C)(C)CN)ccc2N1C(=O)C1CC1. The van der Waals surface area contributed by atoms with Gasteiger partial charge in [-0.05, 0) is 48.9 Å². The molecule has 1 aliphatic carbocycles. The minimum atomic E-state index is -0.523. The molecule has 3 amide bonds. The molecule has 0 radical (unpaired) electrons. The summed E-state index contributed by atoms with van der Waals surface area (Å²) in [6.07, 6.45) is 2.53. The molecule has 0 spiro atoms. The van der Waals surface area contributed by atoms with E-state index < -0.39 is 6.04 Å². The first-order valence-corrected chi connectivity index (χ1v) is 10.4. The Bertz CT molecular complexity index is 816. The summed E-state index contributed by atoms with van der Waals surface area (Å²) in [4.78, 5) is 40.1. The van der Waals surface area contributed by atoms with E-state index in [1.54, 1.807) is 23.1 Å². The van der Waals surface area contributed by atoms with Crippen molar-refractivity contribution in [3.05, 3.63) is 23.8 Å². The molecule has 1 saturated carbocycles. The predicted octanol–water partition coefficient (Wildman–Crippen LogP) is 2.51. The molecular formula is C22H32N4O3. The van der Waals surface area contributed by atoms with Crippen molar-refractivity contribution in [2.24, 2.45) is 23.0 Å².